The second-order valence-corrected chi connectivity index (χ2v) is 7.26. The van der Waals surface area contributed by atoms with E-state index in [4.69, 9.17) is 32.7 Å². The number of ether oxygens (including phenoxy) is 2. The lowest BCUT2D eigenvalue weighted by molar-refractivity contribution is 0.101. The van der Waals surface area contributed by atoms with Crippen LogP contribution in [0.5, 0.6) is 11.5 Å². The normalized spacial score (nSPS) is 14.3. The molecule has 5 heteroatoms. The van der Waals surface area contributed by atoms with Gasteiger partial charge in [0.15, 0.2) is 5.76 Å². The Kier molecular flexibility index (Phi) is 5.70. The summed E-state index contributed by atoms with van der Waals surface area (Å²) in [7, 11) is 0. The first-order chi connectivity index (χ1) is 14.1. The van der Waals surface area contributed by atoms with E-state index in [1.165, 1.54) is 0 Å². The highest BCUT2D eigenvalue weighted by molar-refractivity contribution is 6.35. The zero-order chi connectivity index (χ0) is 20.2. The SMILES string of the molecule is O=C1/C(=C/C=C/c2ccccc2)Oc2cc(OCc3ccc(Cl)cc3Cl)ccc21. The first-order valence-corrected chi connectivity index (χ1v) is 9.72. The number of carbonyl (C=O) groups excluding carboxylic acids is 1. The molecule has 0 amide bonds. The van der Waals surface area contributed by atoms with Crippen LogP contribution in [0.1, 0.15) is 21.5 Å². The number of hydrogen-bond donors (Lipinski definition) is 0. The molecule has 3 aromatic carbocycles. The molecule has 1 aliphatic rings. The number of carbonyl (C=O) groups is 1. The van der Waals surface area contributed by atoms with Gasteiger partial charge in [0, 0.05) is 21.7 Å². The Morgan fingerprint density at radius 2 is 1.79 bits per heavy atom. The van der Waals surface area contributed by atoms with Crippen molar-refractivity contribution in [2.45, 2.75) is 6.61 Å². The number of fused-ring (bicyclic) bond motifs is 1. The lowest BCUT2D eigenvalue weighted by Crippen LogP contribution is -1.97. The summed E-state index contributed by atoms with van der Waals surface area (Å²) >= 11 is 12.1. The largest absolute Gasteiger partial charge is 0.489 e. The predicted octanol–water partition coefficient (Wildman–Crippen LogP) is 6.74. The molecular weight excluding hydrogens is 407 g/mol. The van der Waals surface area contributed by atoms with E-state index in [1.807, 2.05) is 42.5 Å². The summed E-state index contributed by atoms with van der Waals surface area (Å²) in [6, 6.07) is 20.2. The van der Waals surface area contributed by atoms with E-state index in [-0.39, 0.29) is 18.1 Å². The Bertz CT molecular complexity index is 1120. The van der Waals surface area contributed by atoms with Gasteiger partial charge in [-0.15, -0.1) is 0 Å². The van der Waals surface area contributed by atoms with Gasteiger partial charge in [0.25, 0.3) is 0 Å². The molecule has 144 valence electrons. The monoisotopic (exact) mass is 422 g/mol. The maximum Gasteiger partial charge on any atom is 0.231 e. The summed E-state index contributed by atoms with van der Waals surface area (Å²) in [5, 5.41) is 1.12. The number of halogens is 2. The summed E-state index contributed by atoms with van der Waals surface area (Å²) in [4.78, 5) is 12.5. The molecule has 0 atom stereocenters. The molecule has 1 heterocycles. The van der Waals surface area contributed by atoms with Crippen molar-refractivity contribution < 1.29 is 14.3 Å². The van der Waals surface area contributed by atoms with Gasteiger partial charge in [0.05, 0.1) is 5.56 Å². The zero-order valence-corrected chi connectivity index (χ0v) is 16.8. The summed E-state index contributed by atoms with van der Waals surface area (Å²) in [6.45, 7) is 0.283. The van der Waals surface area contributed by atoms with Crippen molar-refractivity contribution in [3.63, 3.8) is 0 Å². The van der Waals surface area contributed by atoms with Crippen LogP contribution in [0.15, 0.2) is 84.6 Å². The molecule has 0 fully saturated rings. The van der Waals surface area contributed by atoms with Gasteiger partial charge >= 0.3 is 0 Å². The van der Waals surface area contributed by atoms with Gasteiger partial charge in [-0.05, 0) is 35.9 Å². The first-order valence-electron chi connectivity index (χ1n) is 8.97. The molecule has 0 saturated carbocycles. The van der Waals surface area contributed by atoms with Gasteiger partial charge in [0.1, 0.15) is 18.1 Å². The van der Waals surface area contributed by atoms with Gasteiger partial charge in [-0.2, -0.15) is 0 Å². The van der Waals surface area contributed by atoms with Crippen LogP contribution in [-0.2, 0) is 6.61 Å². The van der Waals surface area contributed by atoms with Crippen molar-refractivity contribution >= 4 is 35.1 Å². The molecular formula is C24H16Cl2O3. The molecule has 4 rings (SSSR count). The van der Waals surface area contributed by atoms with E-state index in [1.54, 1.807) is 42.5 Å². The maximum absolute atomic E-state index is 12.5. The summed E-state index contributed by atoms with van der Waals surface area (Å²) in [5.41, 5.74) is 2.38. The quantitative estimate of drug-likeness (QED) is 0.426. The molecule has 0 bridgehead atoms. The number of rotatable bonds is 5. The van der Waals surface area contributed by atoms with E-state index >= 15 is 0 Å². The molecule has 0 aliphatic carbocycles. The Morgan fingerprint density at radius 3 is 2.59 bits per heavy atom. The standard InChI is InChI=1S/C24H16Cl2O3/c25-18-10-9-17(21(26)13-18)15-28-19-11-12-20-23(14-19)29-22(24(20)27)8-4-7-16-5-2-1-3-6-16/h1-14H,15H2/b7-4+,22-8-. The Labute approximate surface area is 178 Å². The molecule has 0 unspecified atom stereocenters. The van der Waals surface area contributed by atoms with E-state index in [2.05, 4.69) is 0 Å². The number of hydrogen-bond acceptors (Lipinski definition) is 3. The van der Waals surface area contributed by atoms with Crippen LogP contribution in [0.2, 0.25) is 10.0 Å². The predicted molar refractivity (Wildman–Crippen MR) is 116 cm³/mol. The van der Waals surface area contributed by atoms with Crippen LogP contribution in [0.3, 0.4) is 0 Å². The van der Waals surface area contributed by atoms with Gasteiger partial charge in [-0.25, -0.2) is 0 Å². The summed E-state index contributed by atoms with van der Waals surface area (Å²) < 4.78 is 11.5. The van der Waals surface area contributed by atoms with Crippen LogP contribution in [-0.4, -0.2) is 5.78 Å². The van der Waals surface area contributed by atoms with Gasteiger partial charge in [-0.1, -0.05) is 71.8 Å². The average Bonchev–Trinajstić information content (AvgIpc) is 3.03. The van der Waals surface area contributed by atoms with Gasteiger partial charge < -0.3 is 9.47 Å². The van der Waals surface area contributed by atoms with E-state index in [0.717, 1.165) is 11.1 Å². The Morgan fingerprint density at radius 1 is 0.966 bits per heavy atom. The van der Waals surface area contributed by atoms with E-state index in [9.17, 15) is 4.79 Å². The third-order valence-electron chi connectivity index (χ3n) is 4.39. The molecule has 0 radical (unpaired) electrons. The minimum Gasteiger partial charge on any atom is -0.489 e. The van der Waals surface area contributed by atoms with Crippen LogP contribution >= 0.6 is 23.2 Å². The molecule has 0 N–H and O–H groups in total. The fourth-order valence-electron chi connectivity index (χ4n) is 2.88. The molecule has 1 aliphatic heterocycles. The number of allylic oxidation sites excluding steroid dienone is 3. The highest BCUT2D eigenvalue weighted by Gasteiger charge is 2.27. The third-order valence-corrected chi connectivity index (χ3v) is 4.97. The number of benzene rings is 3. The van der Waals surface area contributed by atoms with Crippen LogP contribution in [0.4, 0.5) is 0 Å². The molecule has 0 spiro atoms. The van der Waals surface area contributed by atoms with Gasteiger partial charge in [0.2, 0.25) is 5.78 Å². The van der Waals surface area contributed by atoms with Crippen LogP contribution in [0, 0.1) is 0 Å². The Balaban J connectivity index is 1.45. The Hall–Kier alpha value is -3.01. The number of ketones is 1. The summed E-state index contributed by atoms with van der Waals surface area (Å²) in [6.07, 6.45) is 5.38. The van der Waals surface area contributed by atoms with E-state index < -0.39 is 0 Å². The fourth-order valence-corrected chi connectivity index (χ4v) is 3.35. The highest BCUT2D eigenvalue weighted by Crippen LogP contribution is 2.34. The minimum absolute atomic E-state index is 0.148. The fraction of sp³-hybridized carbons (Fsp3) is 0.0417. The lowest BCUT2D eigenvalue weighted by atomic mass is 10.1. The molecule has 3 aromatic rings. The molecule has 0 aromatic heterocycles. The van der Waals surface area contributed by atoms with Crippen molar-refractivity contribution in [1.29, 1.82) is 0 Å². The van der Waals surface area contributed by atoms with Crippen LogP contribution < -0.4 is 9.47 Å². The van der Waals surface area contributed by atoms with Crippen molar-refractivity contribution in [2.24, 2.45) is 0 Å². The van der Waals surface area contributed by atoms with Crippen molar-refractivity contribution in [3.05, 3.63) is 111 Å². The van der Waals surface area contributed by atoms with Crippen LogP contribution in [0.25, 0.3) is 6.08 Å². The zero-order valence-electron chi connectivity index (χ0n) is 15.3. The second-order valence-electron chi connectivity index (χ2n) is 6.41. The lowest BCUT2D eigenvalue weighted by Gasteiger charge is -2.09. The summed E-state index contributed by atoms with van der Waals surface area (Å²) in [5.74, 6) is 1.20. The molecule has 0 saturated heterocycles. The topological polar surface area (TPSA) is 35.5 Å². The molecule has 3 nitrogen and oxygen atoms in total. The van der Waals surface area contributed by atoms with Crippen molar-refractivity contribution in [2.75, 3.05) is 0 Å². The van der Waals surface area contributed by atoms with Crippen molar-refractivity contribution in [1.82, 2.24) is 0 Å². The number of Topliss-reactive ketones (excluding diaryl/α,β-unsaturated/α-hetero) is 1. The van der Waals surface area contributed by atoms with E-state index in [0.29, 0.717) is 27.1 Å². The maximum atomic E-state index is 12.5. The average molecular weight is 423 g/mol. The van der Waals surface area contributed by atoms with Gasteiger partial charge in [-0.3, -0.25) is 4.79 Å². The van der Waals surface area contributed by atoms with Crippen molar-refractivity contribution in [3.8, 4) is 11.5 Å². The minimum atomic E-state index is -0.148. The molecule has 29 heavy (non-hydrogen) atoms. The third kappa shape index (κ3) is 4.53. The highest BCUT2D eigenvalue weighted by atomic mass is 35.5. The first kappa shape index (κ1) is 19.3. The second kappa shape index (κ2) is 8.56. The smallest absolute Gasteiger partial charge is 0.231 e.